The van der Waals surface area contributed by atoms with Crippen LogP contribution in [0, 0.1) is 11.7 Å². The summed E-state index contributed by atoms with van der Waals surface area (Å²) in [7, 11) is 1.92. The van der Waals surface area contributed by atoms with Crippen LogP contribution in [0.2, 0.25) is 0 Å². The van der Waals surface area contributed by atoms with Gasteiger partial charge in [0.1, 0.15) is 5.82 Å². The van der Waals surface area contributed by atoms with E-state index < -0.39 is 0 Å². The summed E-state index contributed by atoms with van der Waals surface area (Å²) in [6.07, 6.45) is 2.19. The molecule has 1 aromatic carbocycles. The predicted molar refractivity (Wildman–Crippen MR) is 67.1 cm³/mol. The van der Waals surface area contributed by atoms with E-state index in [9.17, 15) is 4.39 Å². The molecule has 2 atom stereocenters. The molecule has 0 aliphatic heterocycles. The third-order valence-corrected chi connectivity index (χ3v) is 3.18. The quantitative estimate of drug-likeness (QED) is 0.777. The number of nitrogens with one attached hydrogen (secondary N) is 1. The van der Waals surface area contributed by atoms with Crippen molar-refractivity contribution in [2.45, 2.75) is 32.6 Å². The van der Waals surface area contributed by atoms with Gasteiger partial charge in [-0.05, 0) is 36.9 Å². The van der Waals surface area contributed by atoms with E-state index in [1.54, 1.807) is 12.1 Å². The first-order valence-corrected chi connectivity index (χ1v) is 6.08. The van der Waals surface area contributed by atoms with E-state index in [1.807, 2.05) is 19.2 Å². The van der Waals surface area contributed by atoms with Gasteiger partial charge < -0.3 is 5.32 Å². The second-order valence-electron chi connectivity index (χ2n) is 4.53. The summed E-state index contributed by atoms with van der Waals surface area (Å²) in [4.78, 5) is 0. The minimum atomic E-state index is -0.0777. The van der Waals surface area contributed by atoms with E-state index in [-0.39, 0.29) is 11.7 Å². The van der Waals surface area contributed by atoms with Crippen molar-refractivity contribution in [3.8, 4) is 0 Å². The summed E-state index contributed by atoms with van der Waals surface area (Å²) < 4.78 is 13.7. The summed E-state index contributed by atoms with van der Waals surface area (Å²) in [6, 6.07) is 7.12. The van der Waals surface area contributed by atoms with Gasteiger partial charge in [0.25, 0.3) is 0 Å². The molecule has 0 amide bonds. The van der Waals surface area contributed by atoms with Crippen molar-refractivity contribution in [2.75, 3.05) is 13.6 Å². The van der Waals surface area contributed by atoms with Crippen molar-refractivity contribution in [1.29, 1.82) is 0 Å². The van der Waals surface area contributed by atoms with Gasteiger partial charge in [0.2, 0.25) is 0 Å². The molecule has 0 saturated heterocycles. The Bertz CT molecular complexity index is 311. The minimum absolute atomic E-state index is 0.0777. The molecule has 0 spiro atoms. The zero-order valence-corrected chi connectivity index (χ0v) is 10.5. The summed E-state index contributed by atoms with van der Waals surface area (Å²) >= 11 is 0. The van der Waals surface area contributed by atoms with Crippen LogP contribution in [0.1, 0.15) is 38.2 Å². The van der Waals surface area contributed by atoms with Gasteiger partial charge in [0, 0.05) is 6.54 Å². The Balaban J connectivity index is 2.80. The highest BCUT2D eigenvalue weighted by atomic mass is 19.1. The van der Waals surface area contributed by atoms with Crippen molar-refractivity contribution in [3.63, 3.8) is 0 Å². The normalized spacial score (nSPS) is 14.8. The van der Waals surface area contributed by atoms with Gasteiger partial charge >= 0.3 is 0 Å². The Hall–Kier alpha value is -0.890. The fraction of sp³-hybridized carbons (Fsp3) is 0.571. The molecule has 0 aliphatic carbocycles. The Kier molecular flexibility index (Phi) is 5.47. The summed E-state index contributed by atoms with van der Waals surface area (Å²) in [5.74, 6) is 0.838. The lowest BCUT2D eigenvalue weighted by atomic mass is 9.88. The van der Waals surface area contributed by atoms with Gasteiger partial charge in [-0.2, -0.15) is 0 Å². The molecule has 2 heteroatoms. The summed E-state index contributed by atoms with van der Waals surface area (Å²) in [5, 5.41) is 3.16. The predicted octanol–water partition coefficient (Wildman–Crippen LogP) is 3.56. The molecule has 1 N–H and O–H groups in total. The number of benzene rings is 1. The molecule has 16 heavy (non-hydrogen) atoms. The number of hydrogen-bond donors (Lipinski definition) is 1. The van der Waals surface area contributed by atoms with Gasteiger partial charge in [-0.1, -0.05) is 38.5 Å². The van der Waals surface area contributed by atoms with Gasteiger partial charge in [0.15, 0.2) is 0 Å². The average molecular weight is 223 g/mol. The fourth-order valence-electron chi connectivity index (χ4n) is 2.03. The topological polar surface area (TPSA) is 12.0 Å². The Morgan fingerprint density at radius 2 is 2.00 bits per heavy atom. The second-order valence-corrected chi connectivity index (χ2v) is 4.53. The molecule has 0 radical (unpaired) electrons. The molecule has 0 bridgehead atoms. The van der Waals surface area contributed by atoms with Crippen molar-refractivity contribution in [1.82, 2.24) is 5.32 Å². The lowest BCUT2D eigenvalue weighted by Crippen LogP contribution is -2.20. The minimum Gasteiger partial charge on any atom is -0.319 e. The van der Waals surface area contributed by atoms with Gasteiger partial charge in [0.05, 0.1) is 0 Å². The lowest BCUT2D eigenvalue weighted by Gasteiger charge is -2.21. The summed E-state index contributed by atoms with van der Waals surface area (Å²) in [6.45, 7) is 5.25. The molecule has 0 heterocycles. The SMILES string of the molecule is CCC(C)CC(CNC)c1ccccc1F. The van der Waals surface area contributed by atoms with E-state index in [0.717, 1.165) is 24.9 Å². The number of rotatable bonds is 6. The maximum Gasteiger partial charge on any atom is 0.126 e. The Labute approximate surface area is 98.1 Å². The molecular weight excluding hydrogens is 201 g/mol. The monoisotopic (exact) mass is 223 g/mol. The molecule has 1 rings (SSSR count). The first-order valence-electron chi connectivity index (χ1n) is 6.08. The molecule has 1 nitrogen and oxygen atoms in total. The number of likely N-dealkylation sites (N-methyl/N-ethyl adjacent to an activating group) is 1. The van der Waals surface area contributed by atoms with Crippen molar-refractivity contribution >= 4 is 0 Å². The van der Waals surface area contributed by atoms with Gasteiger partial charge in [-0.25, -0.2) is 4.39 Å². The van der Waals surface area contributed by atoms with E-state index in [0.29, 0.717) is 5.92 Å². The average Bonchev–Trinajstić information content (AvgIpc) is 2.29. The molecule has 0 fully saturated rings. The van der Waals surface area contributed by atoms with E-state index >= 15 is 0 Å². The summed E-state index contributed by atoms with van der Waals surface area (Å²) in [5.41, 5.74) is 0.845. The fourth-order valence-corrected chi connectivity index (χ4v) is 2.03. The van der Waals surface area contributed by atoms with Crippen molar-refractivity contribution in [2.24, 2.45) is 5.92 Å². The number of hydrogen-bond acceptors (Lipinski definition) is 1. The Morgan fingerprint density at radius 3 is 2.56 bits per heavy atom. The molecular formula is C14H22FN. The highest BCUT2D eigenvalue weighted by Gasteiger charge is 2.16. The van der Waals surface area contributed by atoms with Gasteiger partial charge in [-0.15, -0.1) is 0 Å². The van der Waals surface area contributed by atoms with Crippen molar-refractivity contribution < 1.29 is 4.39 Å². The third-order valence-electron chi connectivity index (χ3n) is 3.18. The molecule has 0 saturated carbocycles. The van der Waals surface area contributed by atoms with E-state index in [2.05, 4.69) is 19.2 Å². The largest absolute Gasteiger partial charge is 0.319 e. The highest BCUT2D eigenvalue weighted by molar-refractivity contribution is 5.22. The maximum absolute atomic E-state index is 13.7. The smallest absolute Gasteiger partial charge is 0.126 e. The van der Waals surface area contributed by atoms with Crippen LogP contribution in [-0.2, 0) is 0 Å². The van der Waals surface area contributed by atoms with Crippen LogP contribution in [0.15, 0.2) is 24.3 Å². The molecule has 90 valence electrons. The van der Waals surface area contributed by atoms with E-state index in [1.165, 1.54) is 0 Å². The standard InChI is InChI=1S/C14H22FN/c1-4-11(2)9-12(10-16-3)13-7-5-6-8-14(13)15/h5-8,11-12,16H,4,9-10H2,1-3H3. The molecule has 0 aromatic heterocycles. The third kappa shape index (κ3) is 3.60. The van der Waals surface area contributed by atoms with E-state index in [4.69, 9.17) is 0 Å². The van der Waals surface area contributed by atoms with Crippen molar-refractivity contribution in [3.05, 3.63) is 35.6 Å². The van der Waals surface area contributed by atoms with Crippen LogP contribution >= 0.6 is 0 Å². The maximum atomic E-state index is 13.7. The second kappa shape index (κ2) is 6.64. The van der Waals surface area contributed by atoms with Crippen LogP contribution in [0.3, 0.4) is 0 Å². The molecule has 1 aromatic rings. The first kappa shape index (κ1) is 13.2. The van der Waals surface area contributed by atoms with Crippen LogP contribution in [0.25, 0.3) is 0 Å². The van der Waals surface area contributed by atoms with Crippen LogP contribution in [0.4, 0.5) is 4.39 Å². The number of halogens is 1. The zero-order chi connectivity index (χ0) is 12.0. The molecule has 0 aliphatic rings. The van der Waals surface area contributed by atoms with Crippen LogP contribution in [0.5, 0.6) is 0 Å². The highest BCUT2D eigenvalue weighted by Crippen LogP contribution is 2.26. The Morgan fingerprint density at radius 1 is 1.31 bits per heavy atom. The lowest BCUT2D eigenvalue weighted by molar-refractivity contribution is 0.433. The molecule has 2 unspecified atom stereocenters. The first-order chi connectivity index (χ1) is 7.69. The van der Waals surface area contributed by atoms with Crippen LogP contribution < -0.4 is 5.32 Å². The zero-order valence-electron chi connectivity index (χ0n) is 10.5. The van der Waals surface area contributed by atoms with Gasteiger partial charge in [-0.3, -0.25) is 0 Å². The van der Waals surface area contributed by atoms with Crippen LogP contribution in [-0.4, -0.2) is 13.6 Å².